The van der Waals surface area contributed by atoms with E-state index in [0.717, 1.165) is 5.92 Å². The number of hydrogen-bond donors (Lipinski definition) is 0. The Morgan fingerprint density at radius 1 is 1.07 bits per heavy atom. The minimum atomic E-state index is -0.0228. The second-order valence-electron chi connectivity index (χ2n) is 4.82. The van der Waals surface area contributed by atoms with E-state index in [9.17, 15) is 0 Å². The van der Waals surface area contributed by atoms with Crippen LogP contribution in [0.2, 0.25) is 6.04 Å². The van der Waals surface area contributed by atoms with Crippen molar-refractivity contribution < 1.29 is 0 Å². The molecule has 0 aliphatic heterocycles. The molecule has 0 spiro atoms. The summed E-state index contributed by atoms with van der Waals surface area (Å²) in [7, 11) is -0.0228. The lowest BCUT2D eigenvalue weighted by molar-refractivity contribution is 0.430. The van der Waals surface area contributed by atoms with Crippen LogP contribution in [-0.2, 0) is 0 Å². The van der Waals surface area contributed by atoms with Crippen LogP contribution in [0.25, 0.3) is 0 Å². The van der Waals surface area contributed by atoms with E-state index in [-0.39, 0.29) is 9.52 Å². The number of hydrogen-bond acceptors (Lipinski definition) is 0. The summed E-state index contributed by atoms with van der Waals surface area (Å²) in [5, 5.41) is 0. The van der Waals surface area contributed by atoms with Crippen molar-refractivity contribution in [3.8, 4) is 11.5 Å². The molecule has 0 saturated heterocycles. The molecule has 0 nitrogen and oxygen atoms in total. The van der Waals surface area contributed by atoms with Crippen LogP contribution in [0.3, 0.4) is 0 Å². The second kappa shape index (κ2) is 9.04. The zero-order valence-corrected chi connectivity index (χ0v) is 11.8. The lowest BCUT2D eigenvalue weighted by Crippen LogP contribution is -2.03. The van der Waals surface area contributed by atoms with Gasteiger partial charge in [-0.3, -0.25) is 0 Å². The van der Waals surface area contributed by atoms with Gasteiger partial charge in [0.15, 0.2) is 0 Å². The van der Waals surface area contributed by atoms with Gasteiger partial charge in [0.1, 0.15) is 9.52 Å². The van der Waals surface area contributed by atoms with E-state index < -0.39 is 0 Å². The molecule has 0 radical (unpaired) electrons. The van der Waals surface area contributed by atoms with Crippen molar-refractivity contribution in [2.24, 2.45) is 5.92 Å². The summed E-state index contributed by atoms with van der Waals surface area (Å²) in [6, 6.07) is 1.46. The van der Waals surface area contributed by atoms with Crippen molar-refractivity contribution in [2.75, 3.05) is 0 Å². The predicted molar refractivity (Wildman–Crippen MR) is 71.8 cm³/mol. The Balaban J connectivity index is 1.95. The summed E-state index contributed by atoms with van der Waals surface area (Å²) >= 11 is 0. The van der Waals surface area contributed by atoms with Crippen molar-refractivity contribution in [1.29, 1.82) is 0 Å². The van der Waals surface area contributed by atoms with Crippen LogP contribution >= 0.6 is 0 Å². The minimum Gasteiger partial charge on any atom is -0.139 e. The highest BCUT2D eigenvalue weighted by atomic mass is 28.2. The maximum Gasteiger partial charge on any atom is 0.107 e. The van der Waals surface area contributed by atoms with Crippen molar-refractivity contribution in [3.63, 3.8) is 0 Å². The SMILES string of the molecule is CCCCCC[SiH2]C#CC1CCCCC1. The van der Waals surface area contributed by atoms with Gasteiger partial charge in [-0.25, -0.2) is 0 Å². The van der Waals surface area contributed by atoms with Crippen LogP contribution < -0.4 is 0 Å². The average molecular weight is 222 g/mol. The summed E-state index contributed by atoms with van der Waals surface area (Å²) < 4.78 is 0. The fraction of sp³-hybridized carbons (Fsp3) is 0.857. The van der Waals surface area contributed by atoms with Crippen LogP contribution in [0, 0.1) is 17.4 Å². The first-order chi connectivity index (χ1) is 7.43. The molecule has 1 fully saturated rings. The third-order valence-corrected chi connectivity index (χ3v) is 4.62. The molecule has 0 amide bonds. The maximum atomic E-state index is 3.52. The van der Waals surface area contributed by atoms with E-state index in [0.29, 0.717) is 0 Å². The number of unbranched alkanes of at least 4 members (excludes halogenated alkanes) is 3. The van der Waals surface area contributed by atoms with Crippen LogP contribution in [-0.4, -0.2) is 9.52 Å². The first-order valence-corrected chi connectivity index (χ1v) is 8.62. The molecule has 1 aliphatic rings. The van der Waals surface area contributed by atoms with Gasteiger partial charge >= 0.3 is 0 Å². The van der Waals surface area contributed by atoms with E-state index in [1.807, 2.05) is 0 Å². The third-order valence-electron chi connectivity index (χ3n) is 3.32. The molecule has 0 atom stereocenters. The maximum absolute atomic E-state index is 3.52. The van der Waals surface area contributed by atoms with Gasteiger partial charge in [0.2, 0.25) is 0 Å². The molecular formula is C14H26Si. The van der Waals surface area contributed by atoms with E-state index in [2.05, 4.69) is 18.4 Å². The van der Waals surface area contributed by atoms with E-state index >= 15 is 0 Å². The molecule has 15 heavy (non-hydrogen) atoms. The van der Waals surface area contributed by atoms with Gasteiger partial charge < -0.3 is 0 Å². The molecule has 1 aliphatic carbocycles. The quantitative estimate of drug-likeness (QED) is 0.378. The van der Waals surface area contributed by atoms with E-state index in [1.165, 1.54) is 63.8 Å². The summed E-state index contributed by atoms with van der Waals surface area (Å²) in [5.74, 6) is 4.30. The Kier molecular flexibility index (Phi) is 7.74. The number of rotatable bonds is 5. The van der Waals surface area contributed by atoms with Crippen LogP contribution in [0.4, 0.5) is 0 Å². The van der Waals surface area contributed by atoms with Gasteiger partial charge in [-0.05, 0) is 12.8 Å². The molecule has 86 valence electrons. The highest BCUT2D eigenvalue weighted by molar-refractivity contribution is 6.45. The Morgan fingerprint density at radius 3 is 2.60 bits per heavy atom. The molecule has 0 aromatic rings. The van der Waals surface area contributed by atoms with Crippen LogP contribution in [0.1, 0.15) is 64.7 Å². The molecular weight excluding hydrogens is 196 g/mol. The predicted octanol–water partition coefficient (Wildman–Crippen LogP) is 3.70. The van der Waals surface area contributed by atoms with Gasteiger partial charge in [0.05, 0.1) is 0 Å². The topological polar surface area (TPSA) is 0 Å². The fourth-order valence-electron chi connectivity index (χ4n) is 2.28. The molecule has 1 rings (SSSR count). The summed E-state index contributed by atoms with van der Waals surface area (Å²) in [6.45, 7) is 2.28. The van der Waals surface area contributed by atoms with E-state index in [1.54, 1.807) is 0 Å². The van der Waals surface area contributed by atoms with Gasteiger partial charge in [-0.15, -0.1) is 11.5 Å². The Labute approximate surface area is 98.1 Å². The lowest BCUT2D eigenvalue weighted by atomic mass is 9.90. The Morgan fingerprint density at radius 2 is 1.87 bits per heavy atom. The highest BCUT2D eigenvalue weighted by Crippen LogP contribution is 2.22. The Bertz CT molecular complexity index is 193. The molecule has 0 heterocycles. The zero-order valence-electron chi connectivity index (χ0n) is 10.4. The standard InChI is InChI=1S/C14H26Si/c1-2-3-4-8-12-15-13-11-14-9-6-5-7-10-14/h14H,2-10,12,15H2,1H3. The summed E-state index contributed by atoms with van der Waals surface area (Å²) in [5.41, 5.74) is 3.52. The van der Waals surface area contributed by atoms with Crippen molar-refractivity contribution in [3.05, 3.63) is 0 Å². The molecule has 1 saturated carbocycles. The fourth-order valence-corrected chi connectivity index (χ4v) is 3.49. The third kappa shape index (κ3) is 6.79. The van der Waals surface area contributed by atoms with Crippen LogP contribution in [0.5, 0.6) is 0 Å². The first-order valence-electron chi connectivity index (χ1n) is 6.92. The molecule has 0 aromatic carbocycles. The van der Waals surface area contributed by atoms with Crippen LogP contribution in [0.15, 0.2) is 0 Å². The zero-order chi connectivity index (χ0) is 10.8. The smallest absolute Gasteiger partial charge is 0.107 e. The van der Waals surface area contributed by atoms with Gasteiger partial charge in [-0.2, -0.15) is 0 Å². The van der Waals surface area contributed by atoms with Crippen molar-refractivity contribution in [1.82, 2.24) is 0 Å². The normalized spacial score (nSPS) is 17.9. The van der Waals surface area contributed by atoms with E-state index in [4.69, 9.17) is 0 Å². The minimum absolute atomic E-state index is 0.0228. The largest absolute Gasteiger partial charge is 0.139 e. The van der Waals surface area contributed by atoms with Crippen molar-refractivity contribution in [2.45, 2.75) is 70.8 Å². The first kappa shape index (κ1) is 12.8. The molecule has 0 aromatic heterocycles. The highest BCUT2D eigenvalue weighted by Gasteiger charge is 2.09. The average Bonchev–Trinajstić information content (AvgIpc) is 2.29. The van der Waals surface area contributed by atoms with Crippen molar-refractivity contribution >= 4 is 9.52 Å². The molecule has 0 bridgehead atoms. The molecule has 0 N–H and O–H groups in total. The van der Waals surface area contributed by atoms with Gasteiger partial charge in [-0.1, -0.05) is 57.9 Å². The second-order valence-corrected chi connectivity index (χ2v) is 6.38. The van der Waals surface area contributed by atoms with Gasteiger partial charge in [0, 0.05) is 5.92 Å². The lowest BCUT2D eigenvalue weighted by Gasteiger charge is -2.15. The van der Waals surface area contributed by atoms with Gasteiger partial charge in [0.25, 0.3) is 0 Å². The Hall–Kier alpha value is -0.223. The molecule has 0 unspecified atom stereocenters. The summed E-state index contributed by atoms with van der Waals surface area (Å²) in [6.07, 6.45) is 12.7. The monoisotopic (exact) mass is 222 g/mol. The summed E-state index contributed by atoms with van der Waals surface area (Å²) in [4.78, 5) is 0. The molecule has 1 heteroatoms.